The van der Waals surface area contributed by atoms with Crippen molar-refractivity contribution >= 4 is 65.4 Å². The zero-order chi connectivity index (χ0) is 41.4. The van der Waals surface area contributed by atoms with Gasteiger partial charge in [-0.25, -0.2) is 4.98 Å². The summed E-state index contributed by atoms with van der Waals surface area (Å²) in [7, 11) is 0. The van der Waals surface area contributed by atoms with E-state index in [2.05, 4.69) is 171 Å². The van der Waals surface area contributed by atoms with Crippen molar-refractivity contribution in [3.05, 3.63) is 218 Å². The largest absolute Gasteiger partial charge is 0.309 e. The molecule has 0 saturated heterocycles. The van der Waals surface area contributed by atoms with Gasteiger partial charge in [-0.1, -0.05) is 158 Å². The Labute approximate surface area is 362 Å². The van der Waals surface area contributed by atoms with Gasteiger partial charge in [0.2, 0.25) is 5.95 Å². The van der Waals surface area contributed by atoms with Gasteiger partial charge in [-0.15, -0.1) is 0 Å². The lowest BCUT2D eigenvalue weighted by atomic mass is 10.0. The lowest BCUT2D eigenvalue weighted by molar-refractivity contribution is 0.953. The molecule has 9 aromatic carbocycles. The van der Waals surface area contributed by atoms with Gasteiger partial charge in [0.1, 0.15) is 0 Å². The van der Waals surface area contributed by atoms with E-state index in [1.54, 1.807) is 0 Å². The monoisotopic (exact) mass is 804 g/mol. The Bertz CT molecular complexity index is 3840. The van der Waals surface area contributed by atoms with Crippen molar-refractivity contribution in [2.75, 3.05) is 0 Å². The predicted octanol–water partition coefficient (Wildman–Crippen LogP) is 14.2. The molecule has 13 aromatic rings. The Balaban J connectivity index is 0.996. The summed E-state index contributed by atoms with van der Waals surface area (Å²) < 4.78 is 7.05. The van der Waals surface area contributed by atoms with E-state index in [9.17, 15) is 0 Å². The van der Waals surface area contributed by atoms with E-state index < -0.39 is 0 Å². The molecule has 0 aliphatic rings. The summed E-state index contributed by atoms with van der Waals surface area (Å²) in [6.45, 7) is 0. The van der Waals surface area contributed by atoms with Crippen molar-refractivity contribution in [2.24, 2.45) is 0 Å². The average molecular weight is 805 g/mol. The van der Waals surface area contributed by atoms with E-state index in [-0.39, 0.29) is 0 Å². The van der Waals surface area contributed by atoms with E-state index in [1.165, 1.54) is 43.6 Å². The molecular weight excluding hydrogens is 769 g/mol. The molecule has 4 aromatic heterocycles. The third kappa shape index (κ3) is 5.48. The van der Waals surface area contributed by atoms with Crippen LogP contribution in [0.25, 0.3) is 117 Å². The van der Waals surface area contributed by atoms with Crippen LogP contribution < -0.4 is 0 Å². The van der Waals surface area contributed by atoms with Crippen LogP contribution in [-0.4, -0.2) is 28.7 Å². The Morgan fingerprint density at radius 3 is 1.44 bits per heavy atom. The van der Waals surface area contributed by atoms with Crippen LogP contribution in [0.2, 0.25) is 0 Å². The molecular formula is C57H36N6. The summed E-state index contributed by atoms with van der Waals surface area (Å²) in [6.07, 6.45) is 0. The maximum absolute atomic E-state index is 5.13. The SMILES string of the molecule is c1ccc(-c2nc(-c3ccccc3)nc(-n3c4ccccc4c4cc(-c5cccc(-n6c7ccccc7c7c6ccc6c8ccccc8n(-c8ccccc8)c67)c5)ccc43)n2)cc1. The minimum atomic E-state index is 0.579. The molecule has 0 amide bonds. The summed E-state index contributed by atoms with van der Waals surface area (Å²) in [6, 6.07) is 77.4. The Kier molecular flexibility index (Phi) is 7.80. The van der Waals surface area contributed by atoms with Crippen LogP contribution in [0, 0.1) is 0 Å². The highest BCUT2D eigenvalue weighted by atomic mass is 15.2. The summed E-state index contributed by atoms with van der Waals surface area (Å²) in [4.78, 5) is 15.2. The molecule has 13 rings (SSSR count). The van der Waals surface area contributed by atoms with Crippen LogP contribution in [0.5, 0.6) is 0 Å². The van der Waals surface area contributed by atoms with Crippen molar-refractivity contribution in [2.45, 2.75) is 0 Å². The van der Waals surface area contributed by atoms with Gasteiger partial charge in [-0.2, -0.15) is 9.97 Å². The lowest BCUT2D eigenvalue weighted by Crippen LogP contribution is -2.06. The highest BCUT2D eigenvalue weighted by molar-refractivity contribution is 6.26. The minimum Gasteiger partial charge on any atom is -0.309 e. The second-order valence-corrected chi connectivity index (χ2v) is 16.0. The topological polar surface area (TPSA) is 53.5 Å². The van der Waals surface area contributed by atoms with Crippen LogP contribution in [0.15, 0.2) is 218 Å². The summed E-state index contributed by atoms with van der Waals surface area (Å²) in [5, 5.41) is 7.22. The lowest BCUT2D eigenvalue weighted by Gasteiger charge is -2.12. The first-order valence-corrected chi connectivity index (χ1v) is 21.3. The number of benzene rings is 9. The van der Waals surface area contributed by atoms with Gasteiger partial charge < -0.3 is 9.13 Å². The van der Waals surface area contributed by atoms with Gasteiger partial charge >= 0.3 is 0 Å². The second-order valence-electron chi connectivity index (χ2n) is 16.0. The van der Waals surface area contributed by atoms with Gasteiger partial charge in [-0.3, -0.25) is 4.57 Å². The smallest absolute Gasteiger partial charge is 0.238 e. The predicted molar refractivity (Wildman–Crippen MR) is 259 cm³/mol. The maximum Gasteiger partial charge on any atom is 0.238 e. The number of fused-ring (bicyclic) bond motifs is 10. The number of nitrogens with zero attached hydrogens (tertiary/aromatic N) is 6. The van der Waals surface area contributed by atoms with Crippen LogP contribution >= 0.6 is 0 Å². The first-order chi connectivity index (χ1) is 31.3. The molecule has 6 nitrogen and oxygen atoms in total. The third-order valence-corrected chi connectivity index (χ3v) is 12.5. The van der Waals surface area contributed by atoms with Crippen LogP contribution in [-0.2, 0) is 0 Å². The standard InChI is InChI=1S/C57H36N6/c1-4-17-37(18-5-1)55-58-56(38-19-6-2-7-20-38)60-57(59-55)63-49-29-14-11-26-44(49)47-36-40(31-33-51(47)63)39-21-16-24-42(35-39)61-50-30-15-12-27-46(50)53-52(61)34-32-45-43-25-10-13-28-48(43)62(54(45)53)41-22-8-3-9-23-41/h1-36H. The molecule has 0 saturated carbocycles. The second kappa shape index (κ2) is 14.0. The highest BCUT2D eigenvalue weighted by Crippen LogP contribution is 2.43. The molecule has 0 unspecified atom stereocenters. The molecule has 0 N–H and O–H groups in total. The summed E-state index contributed by atoms with van der Waals surface area (Å²) in [5.41, 5.74) is 13.2. The zero-order valence-electron chi connectivity index (χ0n) is 34.0. The molecule has 0 fully saturated rings. The first kappa shape index (κ1) is 35.2. The van der Waals surface area contributed by atoms with Gasteiger partial charge in [-0.05, 0) is 71.8 Å². The number of para-hydroxylation sites is 4. The van der Waals surface area contributed by atoms with E-state index in [0.29, 0.717) is 17.6 Å². The fourth-order valence-electron chi connectivity index (χ4n) is 9.72. The zero-order valence-corrected chi connectivity index (χ0v) is 34.0. The van der Waals surface area contributed by atoms with E-state index in [0.717, 1.165) is 55.4 Å². The third-order valence-electron chi connectivity index (χ3n) is 12.5. The normalized spacial score (nSPS) is 11.8. The highest BCUT2D eigenvalue weighted by Gasteiger charge is 2.22. The molecule has 0 aliphatic carbocycles. The van der Waals surface area contributed by atoms with Crippen molar-refractivity contribution < 1.29 is 0 Å². The van der Waals surface area contributed by atoms with Crippen LogP contribution in [0.4, 0.5) is 0 Å². The average Bonchev–Trinajstić information content (AvgIpc) is 4.00. The van der Waals surface area contributed by atoms with Crippen molar-refractivity contribution in [1.82, 2.24) is 28.7 Å². The van der Waals surface area contributed by atoms with E-state index in [4.69, 9.17) is 15.0 Å². The Morgan fingerprint density at radius 1 is 0.270 bits per heavy atom. The molecule has 0 spiro atoms. The molecule has 0 radical (unpaired) electrons. The van der Waals surface area contributed by atoms with Crippen molar-refractivity contribution in [3.8, 4) is 51.2 Å². The fraction of sp³-hybridized carbons (Fsp3) is 0. The molecule has 4 heterocycles. The fourth-order valence-corrected chi connectivity index (χ4v) is 9.72. The molecule has 0 aliphatic heterocycles. The number of hydrogen-bond acceptors (Lipinski definition) is 3. The quantitative estimate of drug-likeness (QED) is 0.168. The van der Waals surface area contributed by atoms with E-state index in [1.807, 2.05) is 60.7 Å². The molecule has 63 heavy (non-hydrogen) atoms. The Hall–Kier alpha value is -8.61. The van der Waals surface area contributed by atoms with Crippen molar-refractivity contribution in [1.29, 1.82) is 0 Å². The van der Waals surface area contributed by atoms with Gasteiger partial charge in [0, 0.05) is 54.8 Å². The van der Waals surface area contributed by atoms with Gasteiger partial charge in [0.15, 0.2) is 11.6 Å². The number of aromatic nitrogens is 6. The summed E-state index contributed by atoms with van der Waals surface area (Å²) in [5.74, 6) is 1.84. The van der Waals surface area contributed by atoms with Crippen LogP contribution in [0.3, 0.4) is 0 Å². The molecule has 0 atom stereocenters. The van der Waals surface area contributed by atoms with Crippen LogP contribution in [0.1, 0.15) is 0 Å². The Morgan fingerprint density at radius 2 is 0.762 bits per heavy atom. The number of hydrogen-bond donors (Lipinski definition) is 0. The first-order valence-electron chi connectivity index (χ1n) is 21.3. The van der Waals surface area contributed by atoms with E-state index >= 15 is 0 Å². The van der Waals surface area contributed by atoms with Gasteiger partial charge in [0.25, 0.3) is 0 Å². The summed E-state index contributed by atoms with van der Waals surface area (Å²) >= 11 is 0. The molecule has 294 valence electrons. The number of rotatable bonds is 6. The molecule has 0 bridgehead atoms. The van der Waals surface area contributed by atoms with Crippen molar-refractivity contribution in [3.63, 3.8) is 0 Å². The minimum absolute atomic E-state index is 0.579. The molecule has 6 heteroatoms. The maximum atomic E-state index is 5.13. The van der Waals surface area contributed by atoms with Gasteiger partial charge in [0.05, 0.1) is 33.1 Å².